The molecule has 0 amide bonds. The van der Waals surface area contributed by atoms with Gasteiger partial charge in [0.1, 0.15) is 5.60 Å². The van der Waals surface area contributed by atoms with Gasteiger partial charge >= 0.3 is 0 Å². The van der Waals surface area contributed by atoms with E-state index in [1.807, 2.05) is 37.3 Å². The molecule has 1 heterocycles. The minimum Gasteiger partial charge on any atom is -0.384 e. The highest BCUT2D eigenvalue weighted by molar-refractivity contribution is 5.23. The lowest BCUT2D eigenvalue weighted by molar-refractivity contribution is 0.0218. The van der Waals surface area contributed by atoms with E-state index in [2.05, 4.69) is 5.32 Å². The minimum atomic E-state index is -0.738. The van der Waals surface area contributed by atoms with Gasteiger partial charge in [0.15, 0.2) is 0 Å². The van der Waals surface area contributed by atoms with E-state index in [1.54, 1.807) is 0 Å². The molecule has 1 aromatic carbocycles. The van der Waals surface area contributed by atoms with Gasteiger partial charge in [0.05, 0.1) is 0 Å². The summed E-state index contributed by atoms with van der Waals surface area (Å²) in [4.78, 5) is 0. The number of rotatable bonds is 2. The molecule has 0 unspecified atom stereocenters. The number of nitrogens with one attached hydrogen (secondary N) is 1. The second-order valence-corrected chi connectivity index (χ2v) is 4.16. The van der Waals surface area contributed by atoms with Crippen molar-refractivity contribution in [2.75, 3.05) is 6.54 Å². The number of hydrogen-bond donors (Lipinski definition) is 2. The van der Waals surface area contributed by atoms with E-state index < -0.39 is 5.60 Å². The molecule has 76 valence electrons. The van der Waals surface area contributed by atoms with Crippen molar-refractivity contribution in [1.82, 2.24) is 5.32 Å². The third-order valence-electron chi connectivity index (χ3n) is 3.10. The summed E-state index contributed by atoms with van der Waals surface area (Å²) in [6, 6.07) is 10.1. The molecule has 0 spiro atoms. The summed E-state index contributed by atoms with van der Waals surface area (Å²) in [6.45, 7) is 2.92. The SMILES string of the molecule is C[C@](O)(c1ccccc1)[C@@H]1CCCN1. The number of benzene rings is 1. The molecule has 0 bridgehead atoms. The summed E-state index contributed by atoms with van der Waals surface area (Å²) in [5, 5.41) is 13.8. The normalized spacial score (nSPS) is 26.0. The molecular formula is C12H17NO. The quantitative estimate of drug-likeness (QED) is 0.745. The molecule has 1 aliphatic rings. The van der Waals surface area contributed by atoms with Crippen molar-refractivity contribution < 1.29 is 5.11 Å². The monoisotopic (exact) mass is 191 g/mol. The third-order valence-corrected chi connectivity index (χ3v) is 3.10. The van der Waals surface area contributed by atoms with E-state index in [9.17, 15) is 5.11 Å². The predicted molar refractivity (Wildman–Crippen MR) is 57.0 cm³/mol. The standard InChI is InChI=1S/C12H17NO/c1-12(14,11-8-5-9-13-11)10-6-3-2-4-7-10/h2-4,6-7,11,13-14H,5,8-9H2,1H3/t11-,12-/m0/s1. The van der Waals surface area contributed by atoms with Gasteiger partial charge in [0.2, 0.25) is 0 Å². The van der Waals surface area contributed by atoms with Crippen molar-refractivity contribution >= 4 is 0 Å². The average molecular weight is 191 g/mol. The highest BCUT2D eigenvalue weighted by Crippen LogP contribution is 2.28. The van der Waals surface area contributed by atoms with Gasteiger partial charge in [-0.2, -0.15) is 0 Å². The second kappa shape index (κ2) is 3.71. The van der Waals surface area contributed by atoms with Crippen LogP contribution in [0.15, 0.2) is 30.3 Å². The molecule has 2 atom stereocenters. The van der Waals surface area contributed by atoms with Gasteiger partial charge in [-0.25, -0.2) is 0 Å². The summed E-state index contributed by atoms with van der Waals surface area (Å²) >= 11 is 0. The molecule has 1 saturated heterocycles. The van der Waals surface area contributed by atoms with E-state index in [1.165, 1.54) is 0 Å². The lowest BCUT2D eigenvalue weighted by atomic mass is 9.87. The molecule has 1 aromatic rings. The van der Waals surface area contributed by atoms with Crippen LogP contribution in [0.4, 0.5) is 0 Å². The number of hydrogen-bond acceptors (Lipinski definition) is 2. The van der Waals surface area contributed by atoms with Crippen LogP contribution >= 0.6 is 0 Å². The molecule has 2 heteroatoms. The van der Waals surface area contributed by atoms with Crippen LogP contribution in [-0.2, 0) is 5.60 Å². The molecule has 1 fully saturated rings. The predicted octanol–water partition coefficient (Wildman–Crippen LogP) is 1.65. The Hall–Kier alpha value is -0.860. The highest BCUT2D eigenvalue weighted by Gasteiger charge is 2.34. The van der Waals surface area contributed by atoms with E-state index in [0.717, 1.165) is 24.9 Å². The average Bonchev–Trinajstić information content (AvgIpc) is 2.72. The van der Waals surface area contributed by atoms with Gasteiger partial charge in [-0.15, -0.1) is 0 Å². The molecule has 0 aromatic heterocycles. The fourth-order valence-corrected chi connectivity index (χ4v) is 2.14. The molecule has 14 heavy (non-hydrogen) atoms. The van der Waals surface area contributed by atoms with Crippen molar-refractivity contribution in [3.8, 4) is 0 Å². The Morgan fingerprint density at radius 1 is 1.36 bits per heavy atom. The van der Waals surface area contributed by atoms with Crippen molar-refractivity contribution in [3.63, 3.8) is 0 Å². The smallest absolute Gasteiger partial charge is 0.102 e. The van der Waals surface area contributed by atoms with Crippen molar-refractivity contribution in [3.05, 3.63) is 35.9 Å². The number of aliphatic hydroxyl groups is 1. The Labute approximate surface area is 85.0 Å². The lowest BCUT2D eigenvalue weighted by Gasteiger charge is -2.30. The Morgan fingerprint density at radius 2 is 2.07 bits per heavy atom. The zero-order valence-electron chi connectivity index (χ0n) is 8.53. The highest BCUT2D eigenvalue weighted by atomic mass is 16.3. The maximum absolute atomic E-state index is 10.4. The molecule has 0 aliphatic carbocycles. The summed E-state index contributed by atoms with van der Waals surface area (Å²) in [6.07, 6.45) is 2.22. The van der Waals surface area contributed by atoms with E-state index in [-0.39, 0.29) is 6.04 Å². The first kappa shape index (κ1) is 9.69. The van der Waals surface area contributed by atoms with Gasteiger partial charge in [-0.05, 0) is 31.9 Å². The van der Waals surface area contributed by atoms with Gasteiger partial charge in [0, 0.05) is 6.04 Å². The second-order valence-electron chi connectivity index (χ2n) is 4.16. The van der Waals surface area contributed by atoms with Crippen molar-refractivity contribution in [1.29, 1.82) is 0 Å². The largest absolute Gasteiger partial charge is 0.384 e. The van der Waals surface area contributed by atoms with Crippen LogP contribution in [0.2, 0.25) is 0 Å². The molecule has 2 N–H and O–H groups in total. The summed E-state index contributed by atoms with van der Waals surface area (Å²) in [7, 11) is 0. The van der Waals surface area contributed by atoms with Crippen LogP contribution in [0.1, 0.15) is 25.3 Å². The molecule has 1 aliphatic heterocycles. The zero-order chi connectivity index (χ0) is 10.0. The van der Waals surface area contributed by atoms with Gasteiger partial charge in [-0.3, -0.25) is 0 Å². The summed E-state index contributed by atoms with van der Waals surface area (Å²) in [5.74, 6) is 0. The van der Waals surface area contributed by atoms with Crippen LogP contribution in [-0.4, -0.2) is 17.7 Å². The Balaban J connectivity index is 2.22. The molecule has 2 rings (SSSR count). The van der Waals surface area contributed by atoms with Gasteiger partial charge < -0.3 is 10.4 Å². The van der Waals surface area contributed by atoms with Crippen LogP contribution in [0.5, 0.6) is 0 Å². The van der Waals surface area contributed by atoms with Crippen LogP contribution in [0, 0.1) is 0 Å². The topological polar surface area (TPSA) is 32.3 Å². The maximum atomic E-state index is 10.4. The van der Waals surface area contributed by atoms with Crippen molar-refractivity contribution in [2.45, 2.75) is 31.4 Å². The fraction of sp³-hybridized carbons (Fsp3) is 0.500. The first-order valence-corrected chi connectivity index (χ1v) is 5.22. The lowest BCUT2D eigenvalue weighted by Crippen LogP contribution is -2.42. The first-order valence-electron chi connectivity index (χ1n) is 5.22. The minimum absolute atomic E-state index is 0.199. The van der Waals surface area contributed by atoms with Gasteiger partial charge in [0.25, 0.3) is 0 Å². The first-order chi connectivity index (χ1) is 6.71. The fourth-order valence-electron chi connectivity index (χ4n) is 2.14. The van der Waals surface area contributed by atoms with E-state index in [0.29, 0.717) is 0 Å². The summed E-state index contributed by atoms with van der Waals surface area (Å²) in [5.41, 5.74) is 0.261. The summed E-state index contributed by atoms with van der Waals surface area (Å²) < 4.78 is 0. The van der Waals surface area contributed by atoms with Crippen LogP contribution < -0.4 is 5.32 Å². The molecule has 0 radical (unpaired) electrons. The maximum Gasteiger partial charge on any atom is 0.102 e. The third kappa shape index (κ3) is 1.68. The molecular weight excluding hydrogens is 174 g/mol. The van der Waals surface area contributed by atoms with Crippen LogP contribution in [0.25, 0.3) is 0 Å². The molecule has 2 nitrogen and oxygen atoms in total. The van der Waals surface area contributed by atoms with Crippen molar-refractivity contribution in [2.24, 2.45) is 0 Å². The molecule has 0 saturated carbocycles. The Kier molecular flexibility index (Phi) is 2.57. The van der Waals surface area contributed by atoms with Crippen LogP contribution in [0.3, 0.4) is 0 Å². The zero-order valence-corrected chi connectivity index (χ0v) is 8.53. The Morgan fingerprint density at radius 3 is 2.64 bits per heavy atom. The van der Waals surface area contributed by atoms with E-state index in [4.69, 9.17) is 0 Å². The van der Waals surface area contributed by atoms with E-state index >= 15 is 0 Å². The van der Waals surface area contributed by atoms with Gasteiger partial charge in [-0.1, -0.05) is 30.3 Å². The Bertz CT molecular complexity index is 288.